The van der Waals surface area contributed by atoms with Gasteiger partial charge in [-0.2, -0.15) is 0 Å². The molecule has 25 heavy (non-hydrogen) atoms. The molecule has 1 fully saturated rings. The van der Waals surface area contributed by atoms with Crippen molar-refractivity contribution in [1.29, 1.82) is 0 Å². The number of rotatable bonds is 4. The number of aromatic nitrogens is 1. The Morgan fingerprint density at radius 2 is 2.08 bits per heavy atom. The molecule has 1 saturated carbocycles. The molecule has 4 rings (SSSR count). The van der Waals surface area contributed by atoms with E-state index in [0.29, 0.717) is 12.5 Å². The third-order valence-corrected chi connectivity index (χ3v) is 6.85. The summed E-state index contributed by atoms with van der Waals surface area (Å²) in [7, 11) is 0. The molecule has 0 spiro atoms. The fourth-order valence-electron chi connectivity index (χ4n) is 4.22. The van der Waals surface area contributed by atoms with Crippen molar-refractivity contribution >= 4 is 27.5 Å². The van der Waals surface area contributed by atoms with Crippen molar-refractivity contribution in [3.05, 3.63) is 41.4 Å². The summed E-state index contributed by atoms with van der Waals surface area (Å²) >= 11 is 1.73. The zero-order valence-corrected chi connectivity index (χ0v) is 15.2. The molecule has 0 radical (unpaired) electrons. The maximum absolute atomic E-state index is 13.0. The van der Waals surface area contributed by atoms with Gasteiger partial charge in [0.1, 0.15) is 0 Å². The smallest absolute Gasteiger partial charge is 0.224 e. The van der Waals surface area contributed by atoms with Crippen LogP contribution in [0.2, 0.25) is 0 Å². The first kappa shape index (κ1) is 16.7. The molecule has 2 aromatic rings. The molecule has 0 aliphatic heterocycles. The summed E-state index contributed by atoms with van der Waals surface area (Å²) in [5, 5.41) is 4.40. The van der Waals surface area contributed by atoms with Crippen LogP contribution in [0, 0.1) is 11.8 Å². The summed E-state index contributed by atoms with van der Waals surface area (Å²) in [5.41, 5.74) is 6.91. The number of thiazole rings is 1. The largest absolute Gasteiger partial charge is 0.353 e. The molecule has 3 N–H and O–H groups in total. The Kier molecular flexibility index (Phi) is 4.86. The number of nitrogens with two attached hydrogens (primary N) is 1. The molecule has 2 aliphatic carbocycles. The third-order valence-electron chi connectivity index (χ3n) is 5.69. The van der Waals surface area contributed by atoms with E-state index in [1.54, 1.807) is 11.3 Å². The molecule has 1 aromatic heterocycles. The van der Waals surface area contributed by atoms with Crippen LogP contribution in [-0.2, 0) is 4.79 Å². The topological polar surface area (TPSA) is 68.0 Å². The van der Waals surface area contributed by atoms with Crippen LogP contribution in [0.15, 0.2) is 36.4 Å². The fraction of sp³-hybridized carbons (Fsp3) is 0.500. The summed E-state index contributed by atoms with van der Waals surface area (Å²) in [6.45, 7) is 0.664. The summed E-state index contributed by atoms with van der Waals surface area (Å²) in [6, 6.07) is 8.47. The number of amides is 1. The highest BCUT2D eigenvalue weighted by Crippen LogP contribution is 2.39. The minimum Gasteiger partial charge on any atom is -0.353 e. The molecule has 1 amide bonds. The summed E-state index contributed by atoms with van der Waals surface area (Å²) in [6.07, 6.45) is 9.38. The number of nitrogens with one attached hydrogen (secondary N) is 1. The monoisotopic (exact) mass is 355 g/mol. The van der Waals surface area contributed by atoms with Crippen molar-refractivity contribution in [3.8, 4) is 0 Å². The van der Waals surface area contributed by atoms with E-state index in [1.165, 1.54) is 11.1 Å². The standard InChI is InChI=1S/C20H25N3OS/c21-12-13-6-5-10-16(13)22-19(24)14-7-1-2-8-15(14)20-23-17-9-3-4-11-18(17)25-20/h1-4,9,11,13-16H,5-8,10,12,21H2,(H,22,24). The maximum atomic E-state index is 13.0. The number of carbonyl (C=O) groups excluding carboxylic acids is 1. The summed E-state index contributed by atoms with van der Waals surface area (Å²) in [5.74, 6) is 0.771. The van der Waals surface area contributed by atoms with Crippen molar-refractivity contribution in [2.24, 2.45) is 17.6 Å². The first-order valence-electron chi connectivity index (χ1n) is 9.27. The number of nitrogens with zero attached hydrogens (tertiary/aromatic N) is 1. The summed E-state index contributed by atoms with van der Waals surface area (Å²) in [4.78, 5) is 17.8. The highest BCUT2D eigenvalue weighted by molar-refractivity contribution is 7.18. The van der Waals surface area contributed by atoms with Gasteiger partial charge in [-0.3, -0.25) is 4.79 Å². The molecular weight excluding hydrogens is 330 g/mol. The highest BCUT2D eigenvalue weighted by Gasteiger charge is 2.35. The predicted molar refractivity (Wildman–Crippen MR) is 103 cm³/mol. The van der Waals surface area contributed by atoms with Gasteiger partial charge in [0.25, 0.3) is 0 Å². The normalized spacial score (nSPS) is 29.2. The number of para-hydroxylation sites is 1. The van der Waals surface area contributed by atoms with Gasteiger partial charge < -0.3 is 11.1 Å². The van der Waals surface area contributed by atoms with Gasteiger partial charge >= 0.3 is 0 Å². The van der Waals surface area contributed by atoms with Gasteiger partial charge in [-0.05, 0) is 50.3 Å². The van der Waals surface area contributed by atoms with E-state index in [0.717, 1.165) is 36.2 Å². The van der Waals surface area contributed by atoms with E-state index in [1.807, 2.05) is 18.2 Å². The maximum Gasteiger partial charge on any atom is 0.224 e. The Morgan fingerprint density at radius 1 is 1.24 bits per heavy atom. The SMILES string of the molecule is NCC1CCCC1NC(=O)C1CC=CCC1c1nc2ccccc2s1. The number of hydrogen-bond donors (Lipinski definition) is 2. The molecule has 4 unspecified atom stereocenters. The van der Waals surface area contributed by atoms with E-state index in [-0.39, 0.29) is 23.8 Å². The second kappa shape index (κ2) is 7.26. The number of benzene rings is 1. The predicted octanol–water partition coefficient (Wildman–Crippen LogP) is 3.59. The molecule has 1 aromatic carbocycles. The minimum atomic E-state index is -0.0235. The molecule has 0 saturated heterocycles. The lowest BCUT2D eigenvalue weighted by Gasteiger charge is -2.28. The van der Waals surface area contributed by atoms with Gasteiger partial charge in [-0.15, -0.1) is 11.3 Å². The van der Waals surface area contributed by atoms with E-state index in [2.05, 4.69) is 23.5 Å². The molecule has 132 valence electrons. The fourth-order valence-corrected chi connectivity index (χ4v) is 5.37. The van der Waals surface area contributed by atoms with E-state index >= 15 is 0 Å². The Bertz CT molecular complexity index is 751. The van der Waals surface area contributed by atoms with Gasteiger partial charge in [-0.25, -0.2) is 4.98 Å². The second-order valence-corrected chi connectivity index (χ2v) is 8.28. The Labute approximate surface area is 152 Å². The highest BCUT2D eigenvalue weighted by atomic mass is 32.1. The Morgan fingerprint density at radius 3 is 2.92 bits per heavy atom. The van der Waals surface area contributed by atoms with Gasteiger partial charge in [0.05, 0.1) is 21.1 Å². The first-order valence-corrected chi connectivity index (χ1v) is 10.1. The van der Waals surface area contributed by atoms with E-state index in [9.17, 15) is 4.79 Å². The molecule has 0 bridgehead atoms. The number of hydrogen-bond acceptors (Lipinski definition) is 4. The van der Waals surface area contributed by atoms with Crippen LogP contribution in [0.4, 0.5) is 0 Å². The van der Waals surface area contributed by atoms with Crippen molar-refractivity contribution < 1.29 is 4.79 Å². The third kappa shape index (κ3) is 3.35. The van der Waals surface area contributed by atoms with Gasteiger partial charge in [0, 0.05) is 12.0 Å². The van der Waals surface area contributed by atoms with Gasteiger partial charge in [0.2, 0.25) is 5.91 Å². The molecular formula is C20H25N3OS. The second-order valence-electron chi connectivity index (χ2n) is 7.22. The number of fused-ring (bicyclic) bond motifs is 1. The van der Waals surface area contributed by atoms with Gasteiger partial charge in [0.15, 0.2) is 0 Å². The quantitative estimate of drug-likeness (QED) is 0.824. The lowest BCUT2D eigenvalue weighted by atomic mass is 9.82. The zero-order valence-electron chi connectivity index (χ0n) is 14.4. The van der Waals surface area contributed by atoms with E-state index < -0.39 is 0 Å². The van der Waals surface area contributed by atoms with Crippen LogP contribution in [0.5, 0.6) is 0 Å². The lowest BCUT2D eigenvalue weighted by Crippen LogP contribution is -2.44. The number of allylic oxidation sites excluding steroid dienone is 2. The molecule has 4 atom stereocenters. The van der Waals surface area contributed by atoms with Crippen LogP contribution in [0.1, 0.15) is 43.0 Å². The van der Waals surface area contributed by atoms with Crippen LogP contribution in [0.3, 0.4) is 0 Å². The molecule has 2 aliphatic rings. The van der Waals surface area contributed by atoms with Crippen LogP contribution >= 0.6 is 11.3 Å². The van der Waals surface area contributed by atoms with Crippen molar-refractivity contribution in [2.75, 3.05) is 6.54 Å². The average Bonchev–Trinajstić information content (AvgIpc) is 3.27. The van der Waals surface area contributed by atoms with Crippen molar-refractivity contribution in [1.82, 2.24) is 10.3 Å². The first-order chi connectivity index (χ1) is 12.3. The van der Waals surface area contributed by atoms with Crippen LogP contribution < -0.4 is 11.1 Å². The van der Waals surface area contributed by atoms with Gasteiger partial charge in [-0.1, -0.05) is 30.7 Å². The van der Waals surface area contributed by atoms with Crippen LogP contribution in [0.25, 0.3) is 10.2 Å². The Hall–Kier alpha value is -1.72. The average molecular weight is 356 g/mol. The summed E-state index contributed by atoms with van der Waals surface area (Å²) < 4.78 is 1.20. The Balaban J connectivity index is 1.54. The zero-order chi connectivity index (χ0) is 17.2. The molecule has 1 heterocycles. The number of carbonyl (C=O) groups is 1. The molecule has 5 heteroatoms. The minimum absolute atomic E-state index is 0.0235. The van der Waals surface area contributed by atoms with Crippen molar-refractivity contribution in [2.45, 2.75) is 44.1 Å². The molecule has 4 nitrogen and oxygen atoms in total. The lowest BCUT2D eigenvalue weighted by molar-refractivity contribution is -0.126. The van der Waals surface area contributed by atoms with Crippen LogP contribution in [-0.4, -0.2) is 23.5 Å². The van der Waals surface area contributed by atoms with Crippen molar-refractivity contribution in [3.63, 3.8) is 0 Å². The van der Waals surface area contributed by atoms with E-state index in [4.69, 9.17) is 10.7 Å².